The largest absolute Gasteiger partial charge is 0.396 e. The lowest BCUT2D eigenvalue weighted by Crippen LogP contribution is -2.40. The maximum absolute atomic E-state index is 8.82. The predicted octanol–water partition coefficient (Wildman–Crippen LogP) is 1.60. The number of nitrogens with one attached hydrogen (secondary N) is 2. The van der Waals surface area contributed by atoms with Crippen molar-refractivity contribution in [2.45, 2.75) is 18.3 Å². The zero-order valence-corrected chi connectivity index (χ0v) is 11.7. The van der Waals surface area contributed by atoms with Gasteiger partial charge in [0.05, 0.1) is 0 Å². The van der Waals surface area contributed by atoms with Crippen molar-refractivity contribution < 1.29 is 5.11 Å². The third-order valence-electron chi connectivity index (χ3n) is 4.19. The molecular weight excluding hydrogens is 262 g/mol. The smallest absolute Gasteiger partial charge is 0.0443 e. The number of rotatable bonds is 4. The summed E-state index contributed by atoms with van der Waals surface area (Å²) in [6, 6.07) is 6.13. The molecule has 104 valence electrons. The van der Waals surface area contributed by atoms with Crippen molar-refractivity contribution in [3.05, 3.63) is 28.8 Å². The van der Waals surface area contributed by atoms with Crippen molar-refractivity contribution in [2.24, 2.45) is 0 Å². The van der Waals surface area contributed by atoms with Crippen molar-refractivity contribution in [3.8, 4) is 0 Å². The van der Waals surface area contributed by atoms with Gasteiger partial charge in [0, 0.05) is 48.9 Å². The molecule has 1 fully saturated rings. The summed E-state index contributed by atoms with van der Waals surface area (Å²) in [5.41, 5.74) is 6.16. The number of nitrogens with zero attached hydrogens (tertiary/aromatic N) is 1. The molecule has 1 aromatic rings. The van der Waals surface area contributed by atoms with E-state index in [1.54, 1.807) is 0 Å². The van der Waals surface area contributed by atoms with Crippen molar-refractivity contribution in [1.82, 2.24) is 10.4 Å². The first-order valence-electron chi connectivity index (χ1n) is 6.87. The van der Waals surface area contributed by atoms with Crippen LogP contribution in [0.4, 0.5) is 5.69 Å². The van der Waals surface area contributed by atoms with Crippen molar-refractivity contribution in [1.29, 1.82) is 0 Å². The van der Waals surface area contributed by atoms with Gasteiger partial charge in [-0.1, -0.05) is 11.6 Å². The average molecular weight is 282 g/mol. The topological polar surface area (TPSA) is 47.5 Å². The summed E-state index contributed by atoms with van der Waals surface area (Å²) in [5.74, 6) is 0. The Balaban J connectivity index is 1.72. The molecule has 2 heterocycles. The lowest BCUT2D eigenvalue weighted by Gasteiger charge is -2.24. The Morgan fingerprint density at radius 1 is 1.47 bits per heavy atom. The van der Waals surface area contributed by atoms with E-state index in [4.69, 9.17) is 16.7 Å². The molecule has 1 spiro atoms. The molecule has 1 unspecified atom stereocenters. The Kier molecular flexibility index (Phi) is 3.67. The number of hydrazine groups is 1. The Morgan fingerprint density at radius 3 is 3.21 bits per heavy atom. The van der Waals surface area contributed by atoms with Gasteiger partial charge in [0.1, 0.15) is 0 Å². The summed E-state index contributed by atoms with van der Waals surface area (Å²) in [4.78, 5) is 0. The summed E-state index contributed by atoms with van der Waals surface area (Å²) in [6.45, 7) is 4.10. The first kappa shape index (κ1) is 13.2. The van der Waals surface area contributed by atoms with Crippen LogP contribution < -0.4 is 10.7 Å². The fourth-order valence-electron chi connectivity index (χ4n) is 3.16. The number of anilines is 1. The van der Waals surface area contributed by atoms with E-state index in [1.165, 1.54) is 11.3 Å². The fraction of sp³-hybridized carbons (Fsp3) is 0.571. The van der Waals surface area contributed by atoms with Crippen LogP contribution in [0, 0.1) is 0 Å². The standard InChI is InChI=1S/C14H20ClN3O/c15-11-2-3-13-12(8-11)14(9-16-13)4-6-18(10-14)17-5-1-7-19/h2-3,8,16-17,19H,1,4-7,9-10H2. The minimum atomic E-state index is 0.187. The van der Waals surface area contributed by atoms with Crippen LogP contribution in [0.2, 0.25) is 5.02 Å². The normalized spacial score (nSPS) is 25.8. The summed E-state index contributed by atoms with van der Waals surface area (Å²) in [7, 11) is 0. The molecule has 2 aliphatic heterocycles. The van der Waals surface area contributed by atoms with E-state index >= 15 is 0 Å². The second-order valence-corrected chi connectivity index (χ2v) is 5.92. The lowest BCUT2D eigenvalue weighted by atomic mass is 9.82. The molecule has 3 N–H and O–H groups in total. The highest BCUT2D eigenvalue weighted by molar-refractivity contribution is 6.30. The zero-order valence-electron chi connectivity index (χ0n) is 11.0. The quantitative estimate of drug-likeness (QED) is 0.734. The zero-order chi connectivity index (χ0) is 13.3. The van der Waals surface area contributed by atoms with Gasteiger partial charge >= 0.3 is 0 Å². The van der Waals surface area contributed by atoms with Gasteiger partial charge in [-0.25, -0.2) is 5.01 Å². The van der Waals surface area contributed by atoms with Gasteiger partial charge in [-0.15, -0.1) is 0 Å². The Hall–Kier alpha value is -0.810. The first-order chi connectivity index (χ1) is 9.23. The lowest BCUT2D eigenvalue weighted by molar-refractivity contribution is 0.205. The molecule has 0 aromatic heterocycles. The van der Waals surface area contributed by atoms with E-state index in [0.29, 0.717) is 0 Å². The summed E-state index contributed by atoms with van der Waals surface area (Å²) >= 11 is 6.14. The molecule has 0 saturated carbocycles. The van der Waals surface area contributed by atoms with Crippen LogP contribution in [0.15, 0.2) is 18.2 Å². The summed E-state index contributed by atoms with van der Waals surface area (Å²) in [6.07, 6.45) is 1.93. The number of aliphatic hydroxyl groups is 1. The van der Waals surface area contributed by atoms with Crippen LogP contribution >= 0.6 is 11.6 Å². The van der Waals surface area contributed by atoms with E-state index < -0.39 is 0 Å². The van der Waals surface area contributed by atoms with Gasteiger partial charge in [-0.2, -0.15) is 0 Å². The van der Waals surface area contributed by atoms with E-state index in [9.17, 15) is 0 Å². The van der Waals surface area contributed by atoms with E-state index in [1.807, 2.05) is 6.07 Å². The number of hydrogen-bond donors (Lipinski definition) is 3. The number of halogens is 1. The van der Waals surface area contributed by atoms with Crippen LogP contribution in [0.25, 0.3) is 0 Å². The third kappa shape index (κ3) is 2.46. The van der Waals surface area contributed by atoms with Gasteiger partial charge in [0.25, 0.3) is 0 Å². The van der Waals surface area contributed by atoms with E-state index in [0.717, 1.165) is 44.0 Å². The third-order valence-corrected chi connectivity index (χ3v) is 4.43. The summed E-state index contributed by atoms with van der Waals surface area (Å²) < 4.78 is 0. The number of benzene rings is 1. The molecule has 0 bridgehead atoms. The first-order valence-corrected chi connectivity index (χ1v) is 7.25. The Morgan fingerprint density at radius 2 is 2.37 bits per heavy atom. The molecule has 0 radical (unpaired) electrons. The molecule has 1 aromatic carbocycles. The summed E-state index contributed by atoms with van der Waals surface area (Å²) in [5, 5.41) is 15.4. The van der Waals surface area contributed by atoms with Gasteiger partial charge < -0.3 is 10.4 Å². The molecule has 5 heteroatoms. The van der Waals surface area contributed by atoms with Crippen LogP contribution in [0.1, 0.15) is 18.4 Å². The molecule has 0 aliphatic carbocycles. The molecule has 1 saturated heterocycles. The minimum Gasteiger partial charge on any atom is -0.396 e. The maximum atomic E-state index is 8.82. The maximum Gasteiger partial charge on any atom is 0.0443 e. The van der Waals surface area contributed by atoms with Gasteiger partial charge in [0.2, 0.25) is 0 Å². The molecule has 2 aliphatic rings. The van der Waals surface area contributed by atoms with Crippen LogP contribution in [0.3, 0.4) is 0 Å². The molecule has 3 rings (SSSR count). The highest BCUT2D eigenvalue weighted by Crippen LogP contribution is 2.43. The van der Waals surface area contributed by atoms with E-state index in [2.05, 4.69) is 27.9 Å². The molecule has 0 amide bonds. The highest BCUT2D eigenvalue weighted by atomic mass is 35.5. The predicted molar refractivity (Wildman–Crippen MR) is 77.5 cm³/mol. The highest BCUT2D eigenvalue weighted by Gasteiger charge is 2.44. The number of hydrogen-bond acceptors (Lipinski definition) is 4. The van der Waals surface area contributed by atoms with Gasteiger partial charge in [-0.05, 0) is 36.6 Å². The van der Waals surface area contributed by atoms with Crippen molar-refractivity contribution >= 4 is 17.3 Å². The Labute approximate surface area is 118 Å². The van der Waals surface area contributed by atoms with Crippen LogP contribution in [-0.2, 0) is 5.41 Å². The van der Waals surface area contributed by atoms with E-state index in [-0.39, 0.29) is 12.0 Å². The molecule has 1 atom stereocenters. The number of fused-ring (bicyclic) bond motifs is 2. The van der Waals surface area contributed by atoms with Gasteiger partial charge in [-0.3, -0.25) is 5.43 Å². The second kappa shape index (κ2) is 5.29. The monoisotopic (exact) mass is 281 g/mol. The molecular formula is C14H20ClN3O. The van der Waals surface area contributed by atoms with Crippen LogP contribution in [0.5, 0.6) is 0 Å². The van der Waals surface area contributed by atoms with Crippen LogP contribution in [-0.4, -0.2) is 42.9 Å². The average Bonchev–Trinajstić information content (AvgIpc) is 2.97. The minimum absolute atomic E-state index is 0.187. The van der Waals surface area contributed by atoms with Crippen molar-refractivity contribution in [2.75, 3.05) is 38.1 Å². The fourth-order valence-corrected chi connectivity index (χ4v) is 3.33. The molecule has 4 nitrogen and oxygen atoms in total. The van der Waals surface area contributed by atoms with Gasteiger partial charge in [0.15, 0.2) is 0 Å². The SMILES string of the molecule is OCCCNN1CCC2(CNc3ccc(Cl)cc32)C1. The molecule has 19 heavy (non-hydrogen) atoms. The van der Waals surface area contributed by atoms with Crippen molar-refractivity contribution in [3.63, 3.8) is 0 Å². The number of aliphatic hydroxyl groups excluding tert-OH is 1. The Bertz CT molecular complexity index is 468. The second-order valence-electron chi connectivity index (χ2n) is 5.48.